The number of halogens is 1. The van der Waals surface area contributed by atoms with Crippen LogP contribution < -0.4 is 15.5 Å². The highest BCUT2D eigenvalue weighted by Gasteiger charge is 2.43. The van der Waals surface area contributed by atoms with Gasteiger partial charge in [0.25, 0.3) is 11.8 Å². The van der Waals surface area contributed by atoms with Gasteiger partial charge in [0.1, 0.15) is 18.0 Å². The molecule has 0 spiro atoms. The van der Waals surface area contributed by atoms with Gasteiger partial charge in [-0.3, -0.25) is 14.4 Å². The summed E-state index contributed by atoms with van der Waals surface area (Å²) in [6.45, 7) is 1.44. The molecule has 0 bridgehead atoms. The molecule has 0 aromatic heterocycles. The summed E-state index contributed by atoms with van der Waals surface area (Å²) < 4.78 is 14.6. The Bertz CT molecular complexity index is 1400. The number of aliphatic hydroxyl groups excluding tert-OH is 1. The number of rotatable bonds is 10. The molecule has 3 aromatic rings. The smallest absolute Gasteiger partial charge is 0.254 e. The Labute approximate surface area is 245 Å². The number of hydrogen-bond acceptors (Lipinski definition) is 6. The molecule has 3 aromatic carbocycles. The van der Waals surface area contributed by atoms with Crippen molar-refractivity contribution >= 4 is 23.4 Å². The number of aliphatic hydroxyl groups is 1. The molecule has 4 N–H and O–H groups in total. The zero-order chi connectivity index (χ0) is 30.4. The van der Waals surface area contributed by atoms with Crippen LogP contribution in [0.15, 0.2) is 72.8 Å². The van der Waals surface area contributed by atoms with Crippen molar-refractivity contribution in [3.05, 3.63) is 95.1 Å². The van der Waals surface area contributed by atoms with E-state index < -0.39 is 42.1 Å². The maximum atomic E-state index is 14.6. The first kappa shape index (κ1) is 30.5. The lowest BCUT2D eigenvalue weighted by Gasteiger charge is -2.30. The lowest BCUT2D eigenvalue weighted by molar-refractivity contribution is -0.146. The van der Waals surface area contributed by atoms with Crippen LogP contribution in [0.4, 0.5) is 10.1 Å². The fraction of sp³-hybridized carbons (Fsp3) is 0.344. The minimum Gasteiger partial charge on any atom is -0.508 e. The third-order valence-corrected chi connectivity index (χ3v) is 7.55. The summed E-state index contributed by atoms with van der Waals surface area (Å²) in [6, 6.07) is 18.9. The van der Waals surface area contributed by atoms with Crippen LogP contribution in [-0.2, 0) is 22.6 Å². The SMILES string of the molecule is Cc1c(O)cccc1C(=O)NC(Cc1ccccc1)C(O)C(=O)N1CC(F)CC1C(=O)NCc1ccc(N(C)C)cc1. The van der Waals surface area contributed by atoms with Crippen LogP contribution in [0.1, 0.15) is 33.5 Å². The Morgan fingerprint density at radius 1 is 1.00 bits per heavy atom. The van der Waals surface area contributed by atoms with Gasteiger partial charge >= 0.3 is 0 Å². The normalized spacial score (nSPS) is 17.8. The number of carbonyl (C=O) groups excluding carboxylic acids is 3. The standard InChI is InChI=1S/C32H37FN4O5/c1-20-25(10-7-11-28(20)38)30(40)35-26(16-21-8-5-4-6-9-21)29(39)32(42)37-19-23(33)17-27(37)31(41)34-18-22-12-14-24(15-13-22)36(2)3/h4-15,23,26-27,29,38-39H,16-19H2,1-3H3,(H,34,41)(H,35,40). The molecule has 4 atom stereocenters. The summed E-state index contributed by atoms with van der Waals surface area (Å²) in [4.78, 5) is 42.9. The molecule has 1 heterocycles. The van der Waals surface area contributed by atoms with Crippen molar-refractivity contribution in [2.45, 2.75) is 50.7 Å². The van der Waals surface area contributed by atoms with E-state index in [4.69, 9.17) is 0 Å². The van der Waals surface area contributed by atoms with Crippen LogP contribution in [0.2, 0.25) is 0 Å². The largest absolute Gasteiger partial charge is 0.508 e. The van der Waals surface area contributed by atoms with Crippen molar-refractivity contribution in [1.29, 1.82) is 0 Å². The van der Waals surface area contributed by atoms with Crippen molar-refractivity contribution in [2.75, 3.05) is 25.5 Å². The molecule has 0 aliphatic carbocycles. The zero-order valence-corrected chi connectivity index (χ0v) is 24.0. The van der Waals surface area contributed by atoms with Crippen molar-refractivity contribution in [3.63, 3.8) is 0 Å². The summed E-state index contributed by atoms with van der Waals surface area (Å²) in [7, 11) is 3.85. The van der Waals surface area contributed by atoms with Crippen LogP contribution in [-0.4, -0.2) is 77.8 Å². The first-order valence-corrected chi connectivity index (χ1v) is 13.8. The average Bonchev–Trinajstić information content (AvgIpc) is 3.38. The maximum Gasteiger partial charge on any atom is 0.254 e. The first-order valence-electron chi connectivity index (χ1n) is 13.8. The van der Waals surface area contributed by atoms with Crippen molar-refractivity contribution in [1.82, 2.24) is 15.5 Å². The van der Waals surface area contributed by atoms with Crippen LogP contribution >= 0.6 is 0 Å². The van der Waals surface area contributed by atoms with Crippen LogP contribution in [0.5, 0.6) is 5.75 Å². The summed E-state index contributed by atoms with van der Waals surface area (Å²) in [5.41, 5.74) is 3.13. The van der Waals surface area contributed by atoms with Gasteiger partial charge in [-0.15, -0.1) is 0 Å². The molecule has 1 aliphatic rings. The number of benzene rings is 3. The van der Waals surface area contributed by atoms with Gasteiger partial charge in [-0.05, 0) is 48.7 Å². The number of phenolic OH excluding ortho intramolecular Hbond substituents is 1. The molecule has 0 saturated carbocycles. The minimum absolute atomic E-state index is 0.0626. The zero-order valence-electron chi connectivity index (χ0n) is 24.0. The van der Waals surface area contributed by atoms with E-state index in [0.717, 1.165) is 21.7 Å². The molecular weight excluding hydrogens is 539 g/mol. The van der Waals surface area contributed by atoms with E-state index in [2.05, 4.69) is 10.6 Å². The third kappa shape index (κ3) is 7.25. The quantitative estimate of drug-likeness (QED) is 0.295. The van der Waals surface area contributed by atoms with Gasteiger partial charge in [0.15, 0.2) is 6.10 Å². The van der Waals surface area contributed by atoms with E-state index >= 15 is 0 Å². The molecular formula is C32H37FN4O5. The fourth-order valence-electron chi connectivity index (χ4n) is 5.06. The second-order valence-electron chi connectivity index (χ2n) is 10.8. The number of alkyl halides is 1. The van der Waals surface area contributed by atoms with E-state index in [1.54, 1.807) is 31.2 Å². The van der Waals surface area contributed by atoms with Crippen LogP contribution in [0.3, 0.4) is 0 Å². The molecule has 1 fully saturated rings. The second kappa shape index (κ2) is 13.5. The van der Waals surface area contributed by atoms with Crippen molar-refractivity contribution in [3.8, 4) is 5.75 Å². The van der Waals surface area contributed by atoms with E-state index in [-0.39, 0.29) is 37.2 Å². The third-order valence-electron chi connectivity index (χ3n) is 7.55. The number of nitrogens with zero attached hydrogens (tertiary/aromatic N) is 2. The predicted molar refractivity (Wildman–Crippen MR) is 158 cm³/mol. The topological polar surface area (TPSA) is 122 Å². The van der Waals surface area contributed by atoms with Gasteiger partial charge < -0.3 is 30.6 Å². The summed E-state index contributed by atoms with van der Waals surface area (Å²) >= 11 is 0. The number of anilines is 1. The van der Waals surface area contributed by atoms with E-state index in [0.29, 0.717) is 5.56 Å². The van der Waals surface area contributed by atoms with Crippen molar-refractivity contribution in [2.24, 2.45) is 0 Å². The number of phenols is 1. The molecule has 4 rings (SSSR count). The Morgan fingerprint density at radius 3 is 2.36 bits per heavy atom. The lowest BCUT2D eigenvalue weighted by atomic mass is 9.98. The molecule has 10 heteroatoms. The van der Waals surface area contributed by atoms with Gasteiger partial charge in [0.05, 0.1) is 12.6 Å². The molecule has 0 radical (unpaired) electrons. The van der Waals surface area contributed by atoms with Gasteiger partial charge in [-0.25, -0.2) is 4.39 Å². The highest BCUT2D eigenvalue weighted by molar-refractivity contribution is 5.97. The number of likely N-dealkylation sites (tertiary alicyclic amines) is 1. The number of hydrogen-bond donors (Lipinski definition) is 4. The highest BCUT2D eigenvalue weighted by atomic mass is 19.1. The number of carbonyl (C=O) groups is 3. The van der Waals surface area contributed by atoms with Crippen molar-refractivity contribution < 1.29 is 29.0 Å². The van der Waals surface area contributed by atoms with E-state index in [1.165, 1.54) is 18.2 Å². The molecule has 3 amide bonds. The molecule has 4 unspecified atom stereocenters. The maximum absolute atomic E-state index is 14.6. The first-order chi connectivity index (χ1) is 20.0. The molecule has 9 nitrogen and oxygen atoms in total. The Morgan fingerprint density at radius 2 is 1.69 bits per heavy atom. The molecule has 222 valence electrons. The van der Waals surface area contributed by atoms with E-state index in [9.17, 15) is 29.0 Å². The van der Waals surface area contributed by atoms with Gasteiger partial charge in [-0.2, -0.15) is 0 Å². The fourth-order valence-corrected chi connectivity index (χ4v) is 5.06. The van der Waals surface area contributed by atoms with Crippen LogP contribution in [0, 0.1) is 6.92 Å². The molecule has 1 saturated heterocycles. The second-order valence-corrected chi connectivity index (χ2v) is 10.8. The van der Waals surface area contributed by atoms with Crippen LogP contribution in [0.25, 0.3) is 0 Å². The lowest BCUT2D eigenvalue weighted by Crippen LogP contribution is -2.55. The average molecular weight is 577 g/mol. The summed E-state index contributed by atoms with van der Waals surface area (Å²) in [6.07, 6.45) is -3.29. The number of aromatic hydroxyl groups is 1. The van der Waals surface area contributed by atoms with Gasteiger partial charge in [-0.1, -0.05) is 48.5 Å². The predicted octanol–water partition coefficient (Wildman–Crippen LogP) is 2.72. The molecule has 1 aliphatic heterocycles. The Kier molecular flexibility index (Phi) is 9.80. The van der Waals surface area contributed by atoms with Gasteiger partial charge in [0.2, 0.25) is 5.91 Å². The number of nitrogens with one attached hydrogen (secondary N) is 2. The summed E-state index contributed by atoms with van der Waals surface area (Å²) in [5, 5.41) is 26.8. The molecule has 42 heavy (non-hydrogen) atoms. The Hall–Kier alpha value is -4.44. The Balaban J connectivity index is 1.49. The summed E-state index contributed by atoms with van der Waals surface area (Å²) in [5.74, 6) is -2.02. The number of amides is 3. The van der Waals surface area contributed by atoms with E-state index in [1.807, 2.05) is 49.3 Å². The highest BCUT2D eigenvalue weighted by Crippen LogP contribution is 2.24. The van der Waals surface area contributed by atoms with Gasteiger partial charge in [0, 0.05) is 43.9 Å². The monoisotopic (exact) mass is 576 g/mol. The minimum atomic E-state index is -1.76.